The van der Waals surface area contributed by atoms with Crippen LogP contribution in [-0.4, -0.2) is 36.1 Å². The Balaban J connectivity index is 1.46. The monoisotopic (exact) mass is 340 g/mol. The maximum Gasteiger partial charge on any atom is 0.225 e. The topological polar surface area (TPSA) is 32.3 Å². The summed E-state index contributed by atoms with van der Waals surface area (Å²) in [6.07, 6.45) is 1.82. The molecule has 1 aliphatic heterocycles. The first-order valence-electron chi connectivity index (χ1n) is 7.91. The molecule has 0 bridgehead atoms. The molecule has 0 spiro atoms. The van der Waals surface area contributed by atoms with Gasteiger partial charge in [-0.25, -0.2) is 14.4 Å². The van der Waals surface area contributed by atoms with Crippen LogP contribution in [0.2, 0.25) is 0 Å². The summed E-state index contributed by atoms with van der Waals surface area (Å²) in [4.78, 5) is 13.6. The molecule has 3 heterocycles. The van der Waals surface area contributed by atoms with Gasteiger partial charge in [-0.15, -0.1) is 0 Å². The van der Waals surface area contributed by atoms with E-state index < -0.39 is 0 Å². The van der Waals surface area contributed by atoms with Gasteiger partial charge in [0.15, 0.2) is 0 Å². The summed E-state index contributed by atoms with van der Waals surface area (Å²) in [5, 5.41) is 4.15. The zero-order valence-electron chi connectivity index (χ0n) is 13.1. The zero-order chi connectivity index (χ0) is 16.4. The van der Waals surface area contributed by atoms with Crippen molar-refractivity contribution in [2.45, 2.75) is 0 Å². The van der Waals surface area contributed by atoms with Crippen molar-refractivity contribution in [3.63, 3.8) is 0 Å². The van der Waals surface area contributed by atoms with E-state index >= 15 is 0 Å². The zero-order valence-corrected chi connectivity index (χ0v) is 13.9. The van der Waals surface area contributed by atoms with Gasteiger partial charge in [0, 0.05) is 49.0 Å². The molecular weight excluding hydrogens is 323 g/mol. The largest absolute Gasteiger partial charge is 0.368 e. The number of benzene rings is 1. The number of nitrogens with zero attached hydrogens (tertiary/aromatic N) is 4. The summed E-state index contributed by atoms with van der Waals surface area (Å²) in [6.45, 7) is 3.45. The van der Waals surface area contributed by atoms with Crippen LogP contribution < -0.4 is 9.80 Å². The number of hydrogen-bond acceptors (Lipinski definition) is 5. The van der Waals surface area contributed by atoms with Gasteiger partial charge in [-0.2, -0.15) is 11.3 Å². The second kappa shape index (κ2) is 6.57. The van der Waals surface area contributed by atoms with Crippen LogP contribution in [0.1, 0.15) is 0 Å². The predicted octanol–water partition coefficient (Wildman–Crippen LogP) is 3.67. The Hall–Kier alpha value is -2.47. The number of hydrogen-bond donors (Lipinski definition) is 0. The minimum atomic E-state index is -0.198. The smallest absolute Gasteiger partial charge is 0.225 e. The average molecular weight is 340 g/mol. The first-order valence-corrected chi connectivity index (χ1v) is 8.85. The van der Waals surface area contributed by atoms with Crippen LogP contribution in [0.3, 0.4) is 0 Å². The van der Waals surface area contributed by atoms with Crippen LogP contribution >= 0.6 is 11.3 Å². The Morgan fingerprint density at radius 3 is 2.38 bits per heavy atom. The molecule has 1 aliphatic rings. The van der Waals surface area contributed by atoms with Gasteiger partial charge < -0.3 is 9.80 Å². The summed E-state index contributed by atoms with van der Waals surface area (Å²) in [7, 11) is 0. The molecule has 1 aromatic carbocycles. The van der Waals surface area contributed by atoms with E-state index in [4.69, 9.17) is 4.98 Å². The molecule has 0 saturated carbocycles. The normalized spacial score (nSPS) is 14.9. The molecule has 0 aliphatic carbocycles. The molecule has 3 aromatic rings. The van der Waals surface area contributed by atoms with Gasteiger partial charge in [0.2, 0.25) is 5.95 Å². The quantitative estimate of drug-likeness (QED) is 0.728. The second-order valence-corrected chi connectivity index (χ2v) is 6.48. The third-order valence-electron chi connectivity index (χ3n) is 4.21. The molecule has 4 nitrogen and oxygen atoms in total. The van der Waals surface area contributed by atoms with Crippen LogP contribution in [0.25, 0.3) is 11.3 Å². The maximum absolute atomic E-state index is 13.0. The van der Waals surface area contributed by atoms with Gasteiger partial charge in [0.1, 0.15) is 5.82 Å². The van der Waals surface area contributed by atoms with E-state index in [0.717, 1.165) is 49.1 Å². The molecule has 0 amide bonds. The van der Waals surface area contributed by atoms with E-state index in [0.29, 0.717) is 0 Å². The lowest BCUT2D eigenvalue weighted by molar-refractivity contribution is 0.623. The third kappa shape index (κ3) is 3.10. The van der Waals surface area contributed by atoms with Crippen molar-refractivity contribution in [3.05, 3.63) is 59.2 Å². The van der Waals surface area contributed by atoms with E-state index in [1.807, 2.05) is 24.4 Å². The van der Waals surface area contributed by atoms with Gasteiger partial charge in [0.05, 0.1) is 5.69 Å². The van der Waals surface area contributed by atoms with Crippen LogP contribution in [0.15, 0.2) is 53.4 Å². The number of aromatic nitrogens is 2. The fourth-order valence-corrected chi connectivity index (χ4v) is 3.54. The fraction of sp³-hybridized carbons (Fsp3) is 0.222. The second-order valence-electron chi connectivity index (χ2n) is 5.70. The highest BCUT2D eigenvalue weighted by molar-refractivity contribution is 7.08. The lowest BCUT2D eigenvalue weighted by Crippen LogP contribution is -2.47. The Labute approximate surface area is 144 Å². The van der Waals surface area contributed by atoms with Crippen LogP contribution in [0.5, 0.6) is 0 Å². The number of thiophene rings is 1. The van der Waals surface area contributed by atoms with Crippen molar-refractivity contribution in [2.75, 3.05) is 36.0 Å². The Morgan fingerprint density at radius 2 is 1.67 bits per heavy atom. The van der Waals surface area contributed by atoms with Crippen molar-refractivity contribution in [1.29, 1.82) is 0 Å². The Kier molecular flexibility index (Phi) is 4.13. The highest BCUT2D eigenvalue weighted by Crippen LogP contribution is 2.23. The molecular formula is C18H17FN4S. The number of halogens is 1. The van der Waals surface area contributed by atoms with Gasteiger partial charge in [-0.1, -0.05) is 0 Å². The third-order valence-corrected chi connectivity index (χ3v) is 4.90. The van der Waals surface area contributed by atoms with Crippen molar-refractivity contribution >= 4 is 23.0 Å². The van der Waals surface area contributed by atoms with E-state index in [9.17, 15) is 4.39 Å². The molecule has 24 heavy (non-hydrogen) atoms. The summed E-state index contributed by atoms with van der Waals surface area (Å²) < 4.78 is 13.0. The molecule has 1 fully saturated rings. The van der Waals surface area contributed by atoms with Crippen LogP contribution in [0, 0.1) is 5.82 Å². The number of rotatable bonds is 3. The molecule has 4 rings (SSSR count). The maximum atomic E-state index is 13.0. The average Bonchev–Trinajstić information content (AvgIpc) is 3.17. The first-order chi connectivity index (χ1) is 11.8. The minimum absolute atomic E-state index is 0.198. The molecule has 1 saturated heterocycles. The lowest BCUT2D eigenvalue weighted by Gasteiger charge is -2.36. The molecule has 0 radical (unpaired) electrons. The van der Waals surface area contributed by atoms with E-state index in [-0.39, 0.29) is 5.82 Å². The van der Waals surface area contributed by atoms with Gasteiger partial charge in [-0.05, 0) is 41.8 Å². The van der Waals surface area contributed by atoms with Crippen LogP contribution in [0.4, 0.5) is 16.0 Å². The molecule has 2 aromatic heterocycles. The highest BCUT2D eigenvalue weighted by Gasteiger charge is 2.19. The minimum Gasteiger partial charge on any atom is -0.368 e. The molecule has 0 N–H and O–H groups in total. The van der Waals surface area contributed by atoms with Gasteiger partial charge in [-0.3, -0.25) is 0 Å². The van der Waals surface area contributed by atoms with Gasteiger partial charge >= 0.3 is 0 Å². The van der Waals surface area contributed by atoms with Crippen LogP contribution in [-0.2, 0) is 0 Å². The molecule has 0 unspecified atom stereocenters. The predicted molar refractivity (Wildman–Crippen MR) is 96.2 cm³/mol. The van der Waals surface area contributed by atoms with E-state index in [2.05, 4.69) is 31.6 Å². The lowest BCUT2D eigenvalue weighted by atomic mass is 10.2. The molecule has 122 valence electrons. The van der Waals surface area contributed by atoms with E-state index in [1.165, 1.54) is 12.1 Å². The van der Waals surface area contributed by atoms with Gasteiger partial charge in [0.25, 0.3) is 0 Å². The summed E-state index contributed by atoms with van der Waals surface area (Å²) in [5.74, 6) is 0.577. The Morgan fingerprint density at radius 1 is 0.917 bits per heavy atom. The fourth-order valence-electron chi connectivity index (χ4n) is 2.89. The van der Waals surface area contributed by atoms with Crippen molar-refractivity contribution in [3.8, 4) is 11.3 Å². The summed E-state index contributed by atoms with van der Waals surface area (Å²) >= 11 is 1.67. The number of anilines is 2. The van der Waals surface area contributed by atoms with Crippen molar-refractivity contribution in [1.82, 2.24) is 9.97 Å². The standard InChI is InChI=1S/C18H17FN4S/c19-15-1-3-16(4-2-15)22-8-10-23(11-9-22)18-20-7-5-17(21-18)14-6-12-24-13-14/h1-7,12-13H,8-11H2. The molecule has 0 atom stereocenters. The molecule has 6 heteroatoms. The van der Waals surface area contributed by atoms with Crippen molar-refractivity contribution < 1.29 is 4.39 Å². The summed E-state index contributed by atoms with van der Waals surface area (Å²) in [6, 6.07) is 10.7. The SMILES string of the molecule is Fc1ccc(N2CCN(c3nccc(-c4ccsc4)n3)CC2)cc1. The van der Waals surface area contributed by atoms with Crippen molar-refractivity contribution in [2.24, 2.45) is 0 Å². The Bertz CT molecular complexity index is 796. The first kappa shape index (κ1) is 15.1. The number of piperazine rings is 1. The highest BCUT2D eigenvalue weighted by atomic mass is 32.1. The van der Waals surface area contributed by atoms with E-state index in [1.54, 1.807) is 11.3 Å². The summed E-state index contributed by atoms with van der Waals surface area (Å²) in [5.41, 5.74) is 3.15.